The lowest BCUT2D eigenvalue weighted by Crippen LogP contribution is -2.21. The van der Waals surface area contributed by atoms with Gasteiger partial charge in [-0.15, -0.1) is 0 Å². The smallest absolute Gasteiger partial charge is 0.120 e. The topological polar surface area (TPSA) is 68.4 Å². The molecule has 4 heteroatoms. The lowest BCUT2D eigenvalue weighted by molar-refractivity contribution is 0.464. The van der Waals surface area contributed by atoms with E-state index in [1.54, 1.807) is 18.3 Å². The Morgan fingerprint density at radius 2 is 2.04 bits per heavy atom. The fourth-order valence-electron chi connectivity index (χ4n) is 2.49. The monoisotopic (exact) mass is 321 g/mol. The van der Waals surface area contributed by atoms with Crippen molar-refractivity contribution in [1.82, 2.24) is 5.32 Å². The first kappa shape index (κ1) is 17.7. The van der Waals surface area contributed by atoms with Gasteiger partial charge < -0.3 is 10.4 Å². The van der Waals surface area contributed by atoms with E-state index in [2.05, 4.69) is 23.3 Å². The second kappa shape index (κ2) is 8.85. The molecule has 124 valence electrons. The standard InChI is InChI=1S/C20H23N3O/c1-15(22-2)10-11-18-19(8-5-9-20(18)24)23-13-12-16-6-3-4-7-17(16)14-21/h3-9,13,15,22,24H,10-12H2,1-2H3/b23-13+. The molecule has 0 aliphatic rings. The molecule has 2 N–H and O–H groups in total. The number of rotatable bonds is 7. The minimum absolute atomic E-state index is 0.283. The van der Waals surface area contributed by atoms with Crippen molar-refractivity contribution in [3.63, 3.8) is 0 Å². The number of hydrogen-bond donors (Lipinski definition) is 2. The Labute approximate surface area is 143 Å². The number of aromatic hydroxyl groups is 1. The van der Waals surface area contributed by atoms with Crippen LogP contribution in [0.5, 0.6) is 5.75 Å². The lowest BCUT2D eigenvalue weighted by atomic mass is 10.0. The van der Waals surface area contributed by atoms with Gasteiger partial charge >= 0.3 is 0 Å². The maximum Gasteiger partial charge on any atom is 0.120 e. The molecule has 0 aliphatic heterocycles. The third-order valence-electron chi connectivity index (χ3n) is 4.13. The molecule has 0 aliphatic carbocycles. The van der Waals surface area contributed by atoms with E-state index in [4.69, 9.17) is 5.26 Å². The third kappa shape index (κ3) is 4.68. The molecule has 24 heavy (non-hydrogen) atoms. The lowest BCUT2D eigenvalue weighted by Gasteiger charge is -2.12. The Bertz CT molecular complexity index is 747. The maximum atomic E-state index is 10.1. The van der Waals surface area contributed by atoms with Crippen molar-refractivity contribution >= 4 is 11.9 Å². The average molecular weight is 321 g/mol. The second-order valence-corrected chi connectivity index (χ2v) is 5.79. The SMILES string of the molecule is CNC(C)CCc1c(O)cccc1/N=C/Cc1ccccc1C#N. The molecule has 0 radical (unpaired) electrons. The number of aliphatic imine (C=N–C) groups is 1. The third-order valence-corrected chi connectivity index (χ3v) is 4.13. The van der Waals surface area contributed by atoms with Gasteiger partial charge in [-0.25, -0.2) is 0 Å². The fourth-order valence-corrected chi connectivity index (χ4v) is 2.49. The zero-order valence-corrected chi connectivity index (χ0v) is 14.2. The molecule has 2 rings (SSSR count). The molecule has 0 fully saturated rings. The number of phenolic OH excluding ortho intramolecular Hbond substituents is 1. The molecule has 0 amide bonds. The largest absolute Gasteiger partial charge is 0.508 e. The first-order valence-electron chi connectivity index (χ1n) is 8.14. The van der Waals surface area contributed by atoms with Crippen LogP contribution in [0.1, 0.15) is 30.0 Å². The van der Waals surface area contributed by atoms with E-state index in [0.29, 0.717) is 18.0 Å². The Morgan fingerprint density at radius 1 is 1.25 bits per heavy atom. The first-order chi connectivity index (χ1) is 11.7. The summed E-state index contributed by atoms with van der Waals surface area (Å²) in [6.45, 7) is 2.11. The summed E-state index contributed by atoms with van der Waals surface area (Å²) in [5.41, 5.74) is 3.27. The Kier molecular flexibility index (Phi) is 6.53. The number of nitrogens with zero attached hydrogens (tertiary/aromatic N) is 2. The van der Waals surface area contributed by atoms with Crippen molar-refractivity contribution in [2.75, 3.05) is 7.05 Å². The molecule has 2 aromatic carbocycles. The molecule has 0 saturated carbocycles. The summed E-state index contributed by atoms with van der Waals surface area (Å²) in [5, 5.41) is 22.5. The van der Waals surface area contributed by atoms with Crippen molar-refractivity contribution in [3.8, 4) is 11.8 Å². The summed E-state index contributed by atoms with van der Waals surface area (Å²) in [4.78, 5) is 4.53. The van der Waals surface area contributed by atoms with Gasteiger partial charge in [0.2, 0.25) is 0 Å². The van der Waals surface area contributed by atoms with Crippen LogP contribution in [0.2, 0.25) is 0 Å². The quantitative estimate of drug-likeness (QED) is 0.763. The van der Waals surface area contributed by atoms with Crippen LogP contribution in [-0.2, 0) is 12.8 Å². The van der Waals surface area contributed by atoms with Gasteiger partial charge in [0.25, 0.3) is 0 Å². The Hall–Kier alpha value is -2.64. The number of phenols is 1. The van der Waals surface area contributed by atoms with Crippen molar-refractivity contribution < 1.29 is 5.11 Å². The van der Waals surface area contributed by atoms with E-state index in [-0.39, 0.29) is 5.75 Å². The number of nitrogens with one attached hydrogen (secondary N) is 1. The number of nitriles is 1. The highest BCUT2D eigenvalue weighted by Crippen LogP contribution is 2.29. The van der Waals surface area contributed by atoms with E-state index in [9.17, 15) is 5.11 Å². The summed E-state index contributed by atoms with van der Waals surface area (Å²) in [6, 6.07) is 15.5. The first-order valence-corrected chi connectivity index (χ1v) is 8.14. The Balaban J connectivity index is 2.14. The predicted octanol–water partition coefficient (Wildman–Crippen LogP) is 3.75. The number of benzene rings is 2. The van der Waals surface area contributed by atoms with Crippen molar-refractivity contribution in [2.45, 2.75) is 32.2 Å². The molecule has 0 spiro atoms. The van der Waals surface area contributed by atoms with Crippen LogP contribution in [0.15, 0.2) is 47.5 Å². The van der Waals surface area contributed by atoms with Crippen LogP contribution in [0.3, 0.4) is 0 Å². The molecule has 0 heterocycles. The molecular weight excluding hydrogens is 298 g/mol. The zero-order valence-electron chi connectivity index (χ0n) is 14.2. The molecule has 1 unspecified atom stereocenters. The van der Waals surface area contributed by atoms with Gasteiger partial charge in [0.05, 0.1) is 17.3 Å². The normalized spacial score (nSPS) is 12.2. The fraction of sp³-hybridized carbons (Fsp3) is 0.300. The van der Waals surface area contributed by atoms with E-state index < -0.39 is 0 Å². The molecule has 0 saturated heterocycles. The van der Waals surface area contributed by atoms with Crippen molar-refractivity contribution in [1.29, 1.82) is 5.26 Å². The predicted molar refractivity (Wildman–Crippen MR) is 98.0 cm³/mol. The second-order valence-electron chi connectivity index (χ2n) is 5.79. The molecular formula is C20H23N3O. The van der Waals surface area contributed by atoms with Gasteiger partial charge in [-0.2, -0.15) is 5.26 Å². The molecule has 1 atom stereocenters. The highest BCUT2D eigenvalue weighted by molar-refractivity contribution is 5.69. The van der Waals surface area contributed by atoms with Crippen molar-refractivity contribution in [2.24, 2.45) is 4.99 Å². The summed E-state index contributed by atoms with van der Waals surface area (Å²) >= 11 is 0. The highest BCUT2D eigenvalue weighted by Gasteiger charge is 2.09. The molecule has 0 aromatic heterocycles. The van der Waals surface area contributed by atoms with E-state index in [0.717, 1.165) is 29.7 Å². The summed E-state index contributed by atoms with van der Waals surface area (Å²) < 4.78 is 0. The van der Waals surface area contributed by atoms with Crippen LogP contribution >= 0.6 is 0 Å². The van der Waals surface area contributed by atoms with Gasteiger partial charge in [0, 0.05) is 24.2 Å². The minimum Gasteiger partial charge on any atom is -0.508 e. The van der Waals surface area contributed by atoms with Gasteiger partial charge in [-0.3, -0.25) is 4.99 Å². The molecule has 2 aromatic rings. The van der Waals surface area contributed by atoms with E-state index in [1.165, 1.54) is 0 Å². The Morgan fingerprint density at radius 3 is 2.79 bits per heavy atom. The van der Waals surface area contributed by atoms with Crippen LogP contribution in [0.4, 0.5) is 5.69 Å². The summed E-state index contributed by atoms with van der Waals surface area (Å²) in [7, 11) is 1.93. The minimum atomic E-state index is 0.283. The zero-order chi connectivity index (χ0) is 17.4. The van der Waals surface area contributed by atoms with Gasteiger partial charge in [0.1, 0.15) is 5.75 Å². The van der Waals surface area contributed by atoms with Crippen molar-refractivity contribution in [3.05, 3.63) is 59.2 Å². The average Bonchev–Trinajstić information content (AvgIpc) is 2.61. The summed E-state index contributed by atoms with van der Waals surface area (Å²) in [5.74, 6) is 0.283. The van der Waals surface area contributed by atoms with Gasteiger partial charge in [0.15, 0.2) is 0 Å². The summed E-state index contributed by atoms with van der Waals surface area (Å²) in [6.07, 6.45) is 4.08. The highest BCUT2D eigenvalue weighted by atomic mass is 16.3. The van der Waals surface area contributed by atoms with Crippen LogP contribution in [0.25, 0.3) is 0 Å². The van der Waals surface area contributed by atoms with Crippen LogP contribution < -0.4 is 5.32 Å². The van der Waals surface area contributed by atoms with E-state index >= 15 is 0 Å². The number of hydrogen-bond acceptors (Lipinski definition) is 4. The molecule has 0 bridgehead atoms. The van der Waals surface area contributed by atoms with Crippen LogP contribution in [0, 0.1) is 11.3 Å². The maximum absolute atomic E-state index is 10.1. The van der Waals surface area contributed by atoms with Gasteiger partial charge in [-0.05, 0) is 50.6 Å². The molecule has 4 nitrogen and oxygen atoms in total. The van der Waals surface area contributed by atoms with Gasteiger partial charge in [-0.1, -0.05) is 24.3 Å². The van der Waals surface area contributed by atoms with Crippen LogP contribution in [-0.4, -0.2) is 24.4 Å². The van der Waals surface area contributed by atoms with E-state index in [1.807, 2.05) is 37.4 Å².